The van der Waals surface area contributed by atoms with Crippen LogP contribution in [-0.4, -0.2) is 53.9 Å². The number of aryl methyl sites for hydroxylation is 1. The summed E-state index contributed by atoms with van der Waals surface area (Å²) in [5.41, 5.74) is 3.10. The van der Waals surface area contributed by atoms with Crippen LogP contribution in [0.4, 0.5) is 0 Å². The summed E-state index contributed by atoms with van der Waals surface area (Å²) in [4.78, 5) is 28.0. The number of rotatable bonds is 3. The normalized spacial score (nSPS) is 29.6. The molecule has 3 aliphatic rings. The molecule has 2 saturated heterocycles. The van der Waals surface area contributed by atoms with Crippen LogP contribution >= 0.6 is 0 Å². The van der Waals surface area contributed by atoms with E-state index in [4.69, 9.17) is 0 Å². The van der Waals surface area contributed by atoms with E-state index in [1.165, 1.54) is 19.3 Å². The van der Waals surface area contributed by atoms with E-state index >= 15 is 0 Å². The van der Waals surface area contributed by atoms with Gasteiger partial charge in [-0.05, 0) is 49.7 Å². The number of quaternary nitrogens is 1. The van der Waals surface area contributed by atoms with Gasteiger partial charge in [0.05, 0.1) is 20.0 Å². The second-order valence-corrected chi connectivity index (χ2v) is 8.55. The lowest BCUT2D eigenvalue weighted by Gasteiger charge is -2.46. The quantitative estimate of drug-likeness (QED) is 0.781. The topological polar surface area (TPSA) is 37.4 Å². The van der Waals surface area contributed by atoms with Crippen molar-refractivity contribution in [2.45, 2.75) is 64.0 Å². The van der Waals surface area contributed by atoms with Crippen molar-refractivity contribution in [3.05, 3.63) is 34.9 Å². The van der Waals surface area contributed by atoms with E-state index in [-0.39, 0.29) is 5.78 Å². The molecule has 1 aromatic carbocycles. The molecule has 4 rings (SSSR count). The minimum Gasteiger partial charge on any atom is -0.294 e. The number of nitrogens with zero attached hydrogens (tertiary/aromatic N) is 2. The van der Waals surface area contributed by atoms with Crippen molar-refractivity contribution in [2.24, 2.45) is 0 Å². The van der Waals surface area contributed by atoms with E-state index in [1.807, 2.05) is 12.1 Å². The Morgan fingerprint density at radius 3 is 2.73 bits per heavy atom. The van der Waals surface area contributed by atoms with Crippen molar-refractivity contribution in [1.82, 2.24) is 4.90 Å². The molecular weight excluding hydrogens is 324 g/mol. The van der Waals surface area contributed by atoms with Crippen LogP contribution in [-0.2, 0) is 17.6 Å². The molecule has 140 valence electrons. The Kier molecular flexibility index (Phi) is 4.98. The van der Waals surface area contributed by atoms with E-state index in [9.17, 15) is 9.59 Å². The standard InChI is InChI=1S/C22H31N2O2/c1-24(14-5-2-9-21(24)23-12-3-4-13-23)22(26)16-17-10-11-19-18(15-17)7-6-8-20(19)25/h10-11,15,21H,2-9,12-14,16H2,1H3/q+1. The van der Waals surface area contributed by atoms with Crippen LogP contribution in [0, 0.1) is 0 Å². The summed E-state index contributed by atoms with van der Waals surface area (Å²) >= 11 is 0. The molecule has 1 amide bonds. The molecule has 26 heavy (non-hydrogen) atoms. The Labute approximate surface area is 156 Å². The maximum atomic E-state index is 13.4. The molecule has 2 heterocycles. The number of likely N-dealkylation sites (tertiary alicyclic amines) is 2. The second-order valence-electron chi connectivity index (χ2n) is 8.55. The van der Waals surface area contributed by atoms with Crippen molar-refractivity contribution in [1.29, 1.82) is 0 Å². The number of hydrogen-bond donors (Lipinski definition) is 0. The summed E-state index contributed by atoms with van der Waals surface area (Å²) in [6.07, 6.45) is 9.47. The fraction of sp³-hybridized carbons (Fsp3) is 0.636. The molecule has 2 atom stereocenters. The molecule has 2 unspecified atom stereocenters. The molecule has 0 aromatic heterocycles. The van der Waals surface area contributed by atoms with Crippen LogP contribution in [0.25, 0.3) is 0 Å². The molecular formula is C22H31N2O2+. The maximum absolute atomic E-state index is 13.4. The first-order chi connectivity index (χ1) is 12.6. The lowest BCUT2D eigenvalue weighted by molar-refractivity contribution is -0.879. The first-order valence-corrected chi connectivity index (χ1v) is 10.4. The number of likely N-dealkylation sites (N-methyl/N-ethyl adjacent to an activating group) is 1. The fourth-order valence-electron chi connectivity index (χ4n) is 5.24. The number of carbonyl (C=O) groups excluding carboxylic acids is 2. The van der Waals surface area contributed by atoms with Gasteiger partial charge in [0.1, 0.15) is 0 Å². The number of carbonyl (C=O) groups is 2. The summed E-state index contributed by atoms with van der Waals surface area (Å²) in [5, 5.41) is 0. The molecule has 0 bridgehead atoms. The average Bonchev–Trinajstić information content (AvgIpc) is 3.16. The third-order valence-electron chi connectivity index (χ3n) is 6.80. The zero-order valence-electron chi connectivity index (χ0n) is 16.0. The monoisotopic (exact) mass is 355 g/mol. The van der Waals surface area contributed by atoms with Crippen molar-refractivity contribution < 1.29 is 14.1 Å². The van der Waals surface area contributed by atoms with Crippen LogP contribution in [0.15, 0.2) is 18.2 Å². The largest absolute Gasteiger partial charge is 0.319 e. The Morgan fingerprint density at radius 2 is 1.92 bits per heavy atom. The number of fused-ring (bicyclic) bond motifs is 1. The van der Waals surface area contributed by atoms with Crippen molar-refractivity contribution in [3.8, 4) is 0 Å². The number of piperidine rings is 1. The number of benzene rings is 1. The van der Waals surface area contributed by atoms with Gasteiger partial charge >= 0.3 is 5.91 Å². The lowest BCUT2D eigenvalue weighted by Crippen LogP contribution is -2.64. The minimum atomic E-state index is 0.258. The highest BCUT2D eigenvalue weighted by atomic mass is 16.2. The predicted octanol–water partition coefficient (Wildman–Crippen LogP) is 3.33. The first-order valence-electron chi connectivity index (χ1n) is 10.4. The summed E-state index contributed by atoms with van der Waals surface area (Å²) in [6.45, 7) is 3.25. The first kappa shape index (κ1) is 17.9. The van der Waals surface area contributed by atoms with Gasteiger partial charge in [0.2, 0.25) is 0 Å². The number of ketones is 1. The van der Waals surface area contributed by atoms with Gasteiger partial charge in [-0.3, -0.25) is 9.69 Å². The van der Waals surface area contributed by atoms with E-state index in [0.29, 0.717) is 29.4 Å². The van der Waals surface area contributed by atoms with E-state index < -0.39 is 0 Å². The van der Waals surface area contributed by atoms with E-state index in [0.717, 1.165) is 62.0 Å². The molecule has 0 saturated carbocycles. The van der Waals surface area contributed by atoms with Crippen LogP contribution in [0.2, 0.25) is 0 Å². The minimum absolute atomic E-state index is 0.258. The highest BCUT2D eigenvalue weighted by Gasteiger charge is 2.45. The third kappa shape index (κ3) is 3.25. The molecule has 4 heteroatoms. The third-order valence-corrected chi connectivity index (χ3v) is 6.80. The molecule has 0 N–H and O–H groups in total. The van der Waals surface area contributed by atoms with Crippen LogP contribution < -0.4 is 0 Å². The molecule has 2 aliphatic heterocycles. The maximum Gasteiger partial charge on any atom is 0.319 e. The van der Waals surface area contributed by atoms with Gasteiger partial charge in [0.15, 0.2) is 11.9 Å². The number of hydrogen-bond acceptors (Lipinski definition) is 3. The molecule has 4 nitrogen and oxygen atoms in total. The molecule has 2 fully saturated rings. The Balaban J connectivity index is 1.53. The zero-order chi connectivity index (χ0) is 18.1. The number of amides is 1. The Hall–Kier alpha value is -1.52. The van der Waals surface area contributed by atoms with E-state index in [2.05, 4.69) is 18.0 Å². The summed E-state index contributed by atoms with van der Waals surface area (Å²) in [6, 6.07) is 6.07. The SMILES string of the molecule is C[N+]1(C(=O)Cc2ccc3c(c2)CCCC3=O)CCCCC1N1CCCC1. The average molecular weight is 356 g/mol. The van der Waals surface area contributed by atoms with Gasteiger partial charge in [0, 0.05) is 31.5 Å². The second kappa shape index (κ2) is 7.24. The molecule has 1 aliphatic carbocycles. The Bertz CT molecular complexity index is 708. The van der Waals surface area contributed by atoms with Crippen LogP contribution in [0.1, 0.15) is 66.4 Å². The van der Waals surface area contributed by atoms with Gasteiger partial charge in [0.25, 0.3) is 0 Å². The zero-order valence-corrected chi connectivity index (χ0v) is 16.0. The van der Waals surface area contributed by atoms with Crippen molar-refractivity contribution >= 4 is 11.7 Å². The Morgan fingerprint density at radius 1 is 1.12 bits per heavy atom. The van der Waals surface area contributed by atoms with Gasteiger partial charge in [-0.1, -0.05) is 18.2 Å². The van der Waals surface area contributed by atoms with Gasteiger partial charge in [-0.15, -0.1) is 0 Å². The number of Topliss-reactive ketones (excluding diaryl/α,β-unsaturated/α-hetero) is 1. The van der Waals surface area contributed by atoms with Crippen LogP contribution in [0.3, 0.4) is 0 Å². The highest BCUT2D eigenvalue weighted by molar-refractivity contribution is 5.98. The van der Waals surface area contributed by atoms with Gasteiger partial charge in [-0.25, -0.2) is 9.28 Å². The van der Waals surface area contributed by atoms with Gasteiger partial charge in [-0.2, -0.15) is 0 Å². The predicted molar refractivity (Wildman–Crippen MR) is 102 cm³/mol. The summed E-state index contributed by atoms with van der Waals surface area (Å²) in [7, 11) is 2.16. The van der Waals surface area contributed by atoms with Crippen molar-refractivity contribution in [3.63, 3.8) is 0 Å². The van der Waals surface area contributed by atoms with Crippen molar-refractivity contribution in [2.75, 3.05) is 26.7 Å². The van der Waals surface area contributed by atoms with E-state index in [1.54, 1.807) is 0 Å². The molecule has 0 radical (unpaired) electrons. The van der Waals surface area contributed by atoms with Crippen LogP contribution in [0.5, 0.6) is 0 Å². The smallest absolute Gasteiger partial charge is 0.294 e. The fourth-order valence-corrected chi connectivity index (χ4v) is 5.24. The summed E-state index contributed by atoms with van der Waals surface area (Å²) in [5.74, 6) is 0.594. The molecule has 0 spiro atoms. The highest BCUT2D eigenvalue weighted by Crippen LogP contribution is 2.31. The molecule has 1 aromatic rings. The summed E-state index contributed by atoms with van der Waals surface area (Å²) < 4.78 is 0.565. The lowest BCUT2D eigenvalue weighted by atomic mass is 9.89. The van der Waals surface area contributed by atoms with Gasteiger partial charge < -0.3 is 0 Å².